The Morgan fingerprint density at radius 2 is 1.87 bits per heavy atom. The third kappa shape index (κ3) is 7.79. The molecule has 11 heteroatoms. The maximum atomic E-state index is 12.6. The summed E-state index contributed by atoms with van der Waals surface area (Å²) in [7, 11) is -0.535. The standard InChI is InChI=1S/C20H33N5O4S.HI/c1-7-21-18(23-16-13-25(14-16)19(26)29-20(2,3)4)22-12-15-10-8-9-11-17(15)30(27,28)24(5)6;/h8-11,16H,7,12-14H2,1-6H3,(H2,21,22,23);1H. The Kier molecular flexibility index (Phi) is 10.0. The molecule has 0 radical (unpaired) electrons. The van der Waals surface area contributed by atoms with Gasteiger partial charge < -0.3 is 20.3 Å². The van der Waals surface area contributed by atoms with E-state index in [-0.39, 0.29) is 47.6 Å². The molecule has 1 aromatic rings. The van der Waals surface area contributed by atoms with Crippen LogP contribution >= 0.6 is 24.0 Å². The molecular formula is C20H34IN5O4S. The number of nitrogens with one attached hydrogen (secondary N) is 2. The summed E-state index contributed by atoms with van der Waals surface area (Å²) in [5, 5.41) is 6.44. The van der Waals surface area contributed by atoms with Gasteiger partial charge in [0.05, 0.1) is 17.5 Å². The van der Waals surface area contributed by atoms with E-state index in [1.54, 1.807) is 29.2 Å². The summed E-state index contributed by atoms with van der Waals surface area (Å²) in [4.78, 5) is 18.5. The van der Waals surface area contributed by atoms with E-state index in [4.69, 9.17) is 4.74 Å². The van der Waals surface area contributed by atoms with Gasteiger partial charge in [0, 0.05) is 33.7 Å². The first kappa shape index (κ1) is 27.4. The lowest BCUT2D eigenvalue weighted by Crippen LogP contribution is -2.63. The van der Waals surface area contributed by atoms with Gasteiger partial charge in [-0.25, -0.2) is 22.5 Å². The third-order valence-corrected chi connectivity index (χ3v) is 6.27. The minimum Gasteiger partial charge on any atom is -0.444 e. The number of halogens is 1. The Bertz CT molecular complexity index is 878. The van der Waals surface area contributed by atoms with Crippen LogP contribution in [-0.2, 0) is 21.3 Å². The van der Waals surface area contributed by atoms with Gasteiger partial charge in [0.1, 0.15) is 5.60 Å². The highest BCUT2D eigenvalue weighted by Gasteiger charge is 2.34. The molecule has 1 heterocycles. The molecule has 31 heavy (non-hydrogen) atoms. The van der Waals surface area contributed by atoms with E-state index in [9.17, 15) is 13.2 Å². The molecule has 0 spiro atoms. The number of ether oxygens (including phenoxy) is 1. The molecule has 2 N–H and O–H groups in total. The van der Waals surface area contributed by atoms with Gasteiger partial charge in [0.25, 0.3) is 0 Å². The summed E-state index contributed by atoms with van der Waals surface area (Å²) in [6, 6.07) is 6.90. The molecule has 9 nitrogen and oxygen atoms in total. The minimum atomic E-state index is -3.55. The molecule has 1 aliphatic heterocycles. The summed E-state index contributed by atoms with van der Waals surface area (Å²) in [6.45, 7) is 9.37. The van der Waals surface area contributed by atoms with Crippen molar-refractivity contribution in [3.05, 3.63) is 29.8 Å². The molecule has 1 fully saturated rings. The second-order valence-electron chi connectivity index (χ2n) is 8.32. The van der Waals surface area contributed by atoms with Crippen molar-refractivity contribution in [1.82, 2.24) is 19.8 Å². The van der Waals surface area contributed by atoms with Crippen molar-refractivity contribution in [3.63, 3.8) is 0 Å². The van der Waals surface area contributed by atoms with Crippen molar-refractivity contribution in [2.75, 3.05) is 33.7 Å². The first-order valence-electron chi connectivity index (χ1n) is 9.97. The lowest BCUT2D eigenvalue weighted by atomic mass is 10.1. The zero-order valence-electron chi connectivity index (χ0n) is 19.0. The van der Waals surface area contributed by atoms with Crippen LogP contribution in [0.4, 0.5) is 4.79 Å². The highest BCUT2D eigenvalue weighted by Crippen LogP contribution is 2.19. The molecule has 0 unspecified atom stereocenters. The first-order chi connectivity index (χ1) is 13.9. The molecule has 1 aromatic carbocycles. The molecule has 0 saturated carbocycles. The molecular weight excluding hydrogens is 533 g/mol. The molecule has 1 saturated heterocycles. The molecule has 0 aromatic heterocycles. The molecule has 1 amide bonds. The highest BCUT2D eigenvalue weighted by atomic mass is 127. The maximum absolute atomic E-state index is 12.6. The fourth-order valence-electron chi connectivity index (χ4n) is 2.81. The number of nitrogens with zero attached hydrogens (tertiary/aromatic N) is 3. The molecule has 0 bridgehead atoms. The summed E-state index contributed by atoms with van der Waals surface area (Å²) < 4.78 is 31.7. The van der Waals surface area contributed by atoms with E-state index >= 15 is 0 Å². The van der Waals surface area contributed by atoms with Crippen LogP contribution in [0.1, 0.15) is 33.3 Å². The van der Waals surface area contributed by atoms with Crippen molar-refractivity contribution in [3.8, 4) is 0 Å². The SMILES string of the molecule is CCNC(=NCc1ccccc1S(=O)(=O)N(C)C)NC1CN(C(=O)OC(C)(C)C)C1.I. The molecule has 176 valence electrons. The van der Waals surface area contributed by atoms with Crippen LogP contribution in [0.5, 0.6) is 0 Å². The van der Waals surface area contributed by atoms with Crippen LogP contribution in [-0.4, -0.2) is 75.0 Å². The van der Waals surface area contributed by atoms with Gasteiger partial charge in [0.2, 0.25) is 10.0 Å². The van der Waals surface area contributed by atoms with E-state index in [2.05, 4.69) is 15.6 Å². The van der Waals surface area contributed by atoms with E-state index < -0.39 is 15.6 Å². The number of likely N-dealkylation sites (tertiary alicyclic amines) is 1. The molecule has 1 aliphatic rings. The van der Waals surface area contributed by atoms with Gasteiger partial charge in [-0.15, -0.1) is 24.0 Å². The van der Waals surface area contributed by atoms with Crippen molar-refractivity contribution in [2.24, 2.45) is 4.99 Å². The van der Waals surface area contributed by atoms with E-state index in [0.29, 0.717) is 31.2 Å². The Morgan fingerprint density at radius 3 is 2.42 bits per heavy atom. The maximum Gasteiger partial charge on any atom is 0.410 e. The van der Waals surface area contributed by atoms with Crippen LogP contribution in [0, 0.1) is 0 Å². The van der Waals surface area contributed by atoms with Gasteiger partial charge in [-0.1, -0.05) is 18.2 Å². The average Bonchev–Trinajstić information content (AvgIpc) is 2.60. The normalized spacial score (nSPS) is 15.2. The van der Waals surface area contributed by atoms with Gasteiger partial charge >= 0.3 is 6.09 Å². The third-order valence-electron chi connectivity index (χ3n) is 4.36. The highest BCUT2D eigenvalue weighted by molar-refractivity contribution is 14.0. The van der Waals surface area contributed by atoms with E-state index in [0.717, 1.165) is 0 Å². The van der Waals surface area contributed by atoms with Crippen molar-refractivity contribution >= 4 is 46.1 Å². The monoisotopic (exact) mass is 567 g/mol. The number of aliphatic imine (C=N–C) groups is 1. The van der Waals surface area contributed by atoms with Crippen molar-refractivity contribution in [2.45, 2.75) is 50.8 Å². The second kappa shape index (κ2) is 11.3. The van der Waals surface area contributed by atoms with Crippen molar-refractivity contribution in [1.29, 1.82) is 0 Å². The fourth-order valence-corrected chi connectivity index (χ4v) is 3.91. The van der Waals surface area contributed by atoms with Crippen molar-refractivity contribution < 1.29 is 17.9 Å². The molecule has 0 atom stereocenters. The number of sulfonamides is 1. The topological polar surface area (TPSA) is 103 Å². The van der Waals surface area contributed by atoms with Gasteiger partial charge in [0.15, 0.2) is 5.96 Å². The van der Waals surface area contributed by atoms with E-state index in [1.807, 2.05) is 27.7 Å². The smallest absolute Gasteiger partial charge is 0.410 e. The number of hydrogen-bond acceptors (Lipinski definition) is 5. The Labute approximate surface area is 202 Å². The number of rotatable bonds is 6. The number of amides is 1. The number of carbonyl (C=O) groups is 1. The summed E-state index contributed by atoms with van der Waals surface area (Å²) in [5.74, 6) is 0.573. The van der Waals surface area contributed by atoms with Gasteiger partial charge in [-0.2, -0.15) is 0 Å². The number of guanidine groups is 1. The molecule has 2 rings (SSSR count). The van der Waals surface area contributed by atoms with E-state index in [1.165, 1.54) is 18.4 Å². The Balaban J connectivity index is 0.00000480. The number of benzene rings is 1. The van der Waals surface area contributed by atoms with Crippen LogP contribution in [0.3, 0.4) is 0 Å². The average molecular weight is 567 g/mol. The zero-order chi connectivity index (χ0) is 22.5. The van der Waals surface area contributed by atoms with Gasteiger partial charge in [-0.3, -0.25) is 0 Å². The lowest BCUT2D eigenvalue weighted by molar-refractivity contribution is 0.00700. The van der Waals surface area contributed by atoms with Crippen LogP contribution in [0.15, 0.2) is 34.2 Å². The Hall–Kier alpha value is -1.60. The Morgan fingerprint density at radius 1 is 1.26 bits per heavy atom. The zero-order valence-corrected chi connectivity index (χ0v) is 22.2. The lowest BCUT2D eigenvalue weighted by Gasteiger charge is -2.40. The van der Waals surface area contributed by atoms with Crippen LogP contribution < -0.4 is 10.6 Å². The summed E-state index contributed by atoms with van der Waals surface area (Å²) in [5.41, 5.74) is 0.0964. The largest absolute Gasteiger partial charge is 0.444 e. The van der Waals surface area contributed by atoms with Crippen LogP contribution in [0.2, 0.25) is 0 Å². The fraction of sp³-hybridized carbons (Fsp3) is 0.600. The predicted molar refractivity (Wildman–Crippen MR) is 132 cm³/mol. The minimum absolute atomic E-state index is 0. The predicted octanol–water partition coefficient (Wildman–Crippen LogP) is 2.23. The van der Waals surface area contributed by atoms with Gasteiger partial charge in [-0.05, 0) is 39.3 Å². The number of carbonyl (C=O) groups excluding carboxylic acids is 1. The molecule has 0 aliphatic carbocycles. The van der Waals surface area contributed by atoms with Crippen LogP contribution in [0.25, 0.3) is 0 Å². The first-order valence-corrected chi connectivity index (χ1v) is 11.4. The number of hydrogen-bond donors (Lipinski definition) is 2. The summed E-state index contributed by atoms with van der Waals surface area (Å²) >= 11 is 0. The second-order valence-corrected chi connectivity index (χ2v) is 10.4. The summed E-state index contributed by atoms with van der Waals surface area (Å²) in [6.07, 6.45) is -0.328. The quantitative estimate of drug-likeness (QED) is 0.311.